The number of alkyl halides is 3. The van der Waals surface area contributed by atoms with Crippen LogP contribution in [0, 0.1) is 5.92 Å². The molecule has 0 spiro atoms. The zero-order valence-corrected chi connectivity index (χ0v) is 23.7. The number of aryl methyl sites for hydroxylation is 1. The van der Waals surface area contributed by atoms with Crippen LogP contribution in [0.5, 0.6) is 0 Å². The highest BCUT2D eigenvalue weighted by atomic mass is 32.2. The standard InChI is InChI=1S/C28H34F3N7O2S/c1-41(39,40)37(12-3-2-4-25-35-23-10-6-19(28(29,30)31)15-24(23)36-25)16-18-5-9-21(14-18)38-13-11-22-26(34-20-7-8-20)32-17-33-27(22)38/h6,10-11,13,15,17-18,20-21H,2-5,7-9,12,14,16H2,1H3,(H,35,36)(H,32,33,34)/t18-,21+/m1/s1. The molecule has 9 nitrogen and oxygen atoms in total. The molecule has 220 valence electrons. The van der Waals surface area contributed by atoms with Gasteiger partial charge in [0, 0.05) is 37.8 Å². The third-order valence-corrected chi connectivity index (χ3v) is 9.46. The Bertz CT molecular complexity index is 1650. The number of sulfonamides is 1. The van der Waals surface area contributed by atoms with Gasteiger partial charge in [-0.15, -0.1) is 0 Å². The van der Waals surface area contributed by atoms with Crippen molar-refractivity contribution < 1.29 is 21.6 Å². The monoisotopic (exact) mass is 589 g/mol. The maximum atomic E-state index is 13.0. The number of H-pyrrole nitrogens is 1. The number of halogens is 3. The number of imidazole rings is 1. The Morgan fingerprint density at radius 1 is 1.12 bits per heavy atom. The number of benzene rings is 1. The van der Waals surface area contributed by atoms with Crippen molar-refractivity contribution in [3.05, 3.63) is 48.2 Å². The maximum Gasteiger partial charge on any atom is 0.416 e. The molecule has 4 aromatic rings. The molecule has 0 saturated heterocycles. The molecule has 6 rings (SSSR count). The molecule has 0 bridgehead atoms. The van der Waals surface area contributed by atoms with Crippen molar-refractivity contribution in [2.24, 2.45) is 5.92 Å². The van der Waals surface area contributed by atoms with Crippen LogP contribution in [0.2, 0.25) is 0 Å². The summed E-state index contributed by atoms with van der Waals surface area (Å²) < 4.78 is 68.0. The molecule has 3 heterocycles. The SMILES string of the molecule is CS(=O)(=O)N(CCCCc1nc2ccc(C(F)(F)F)cc2[nH]1)C[C@@H]1CC[C@H](n2ccc3c(NC4CC4)ncnc32)C1. The third kappa shape index (κ3) is 6.35. The Labute approximate surface area is 236 Å². The van der Waals surface area contributed by atoms with Gasteiger partial charge in [-0.2, -0.15) is 13.2 Å². The number of rotatable bonds is 11. The van der Waals surface area contributed by atoms with E-state index < -0.39 is 21.8 Å². The number of nitrogens with zero attached hydrogens (tertiary/aromatic N) is 5. The predicted molar refractivity (Wildman–Crippen MR) is 151 cm³/mol. The fourth-order valence-corrected chi connectivity index (χ4v) is 6.83. The van der Waals surface area contributed by atoms with Crippen LogP contribution in [0.4, 0.5) is 19.0 Å². The lowest BCUT2D eigenvalue weighted by atomic mass is 10.1. The van der Waals surface area contributed by atoms with Gasteiger partial charge in [-0.25, -0.2) is 27.7 Å². The first kappa shape index (κ1) is 28.0. The van der Waals surface area contributed by atoms with E-state index in [0.29, 0.717) is 55.3 Å². The minimum atomic E-state index is -4.41. The van der Waals surface area contributed by atoms with Crippen LogP contribution >= 0.6 is 0 Å². The molecule has 2 aliphatic carbocycles. The predicted octanol–water partition coefficient (Wildman–Crippen LogP) is 5.53. The number of hydrogen-bond acceptors (Lipinski definition) is 6. The maximum absolute atomic E-state index is 13.0. The first-order valence-corrected chi connectivity index (χ1v) is 16.0. The summed E-state index contributed by atoms with van der Waals surface area (Å²) in [4.78, 5) is 16.3. The lowest BCUT2D eigenvalue weighted by Gasteiger charge is -2.23. The van der Waals surface area contributed by atoms with Crippen LogP contribution in [-0.2, 0) is 22.6 Å². The van der Waals surface area contributed by atoms with Crippen molar-refractivity contribution >= 4 is 37.9 Å². The van der Waals surface area contributed by atoms with E-state index in [9.17, 15) is 21.6 Å². The van der Waals surface area contributed by atoms with Gasteiger partial charge >= 0.3 is 6.18 Å². The average molecular weight is 590 g/mol. The van der Waals surface area contributed by atoms with Crippen LogP contribution in [0.3, 0.4) is 0 Å². The van der Waals surface area contributed by atoms with Crippen LogP contribution < -0.4 is 5.32 Å². The number of nitrogens with one attached hydrogen (secondary N) is 2. The van der Waals surface area contributed by atoms with Gasteiger partial charge in [-0.1, -0.05) is 0 Å². The molecular formula is C28H34F3N7O2S. The highest BCUT2D eigenvalue weighted by Crippen LogP contribution is 2.38. The summed E-state index contributed by atoms with van der Waals surface area (Å²) in [7, 11) is -3.39. The molecular weight excluding hydrogens is 555 g/mol. The molecule has 13 heteroatoms. The average Bonchev–Trinajstić information content (AvgIpc) is 3.27. The summed E-state index contributed by atoms with van der Waals surface area (Å²) in [5.41, 5.74) is 1.03. The van der Waals surface area contributed by atoms with E-state index in [0.717, 1.165) is 48.2 Å². The van der Waals surface area contributed by atoms with Crippen molar-refractivity contribution in [3.63, 3.8) is 0 Å². The fourth-order valence-electron chi connectivity index (χ4n) is 5.89. The Morgan fingerprint density at radius 3 is 2.71 bits per heavy atom. The number of hydrogen-bond donors (Lipinski definition) is 2. The lowest BCUT2D eigenvalue weighted by molar-refractivity contribution is -0.137. The van der Waals surface area contributed by atoms with Crippen molar-refractivity contribution in [3.8, 4) is 0 Å². The number of aromatic amines is 1. The summed E-state index contributed by atoms with van der Waals surface area (Å²) in [6.07, 6.45) is 7.45. The highest BCUT2D eigenvalue weighted by Gasteiger charge is 2.32. The Hall–Kier alpha value is -3.19. The quantitative estimate of drug-likeness (QED) is 0.223. The summed E-state index contributed by atoms with van der Waals surface area (Å²) in [6, 6.07) is 6.28. The van der Waals surface area contributed by atoms with Gasteiger partial charge in [0.15, 0.2) is 0 Å². The van der Waals surface area contributed by atoms with E-state index >= 15 is 0 Å². The molecule has 2 saturated carbocycles. The topological polar surface area (TPSA) is 109 Å². The second-order valence-electron chi connectivity index (χ2n) is 11.4. The molecule has 0 unspecified atom stereocenters. The normalized spacial score (nSPS) is 20.0. The number of fused-ring (bicyclic) bond motifs is 2. The summed E-state index contributed by atoms with van der Waals surface area (Å²) in [5.74, 6) is 1.72. The molecule has 2 fully saturated rings. The molecule has 2 atom stereocenters. The van der Waals surface area contributed by atoms with E-state index in [-0.39, 0.29) is 12.0 Å². The molecule has 41 heavy (non-hydrogen) atoms. The highest BCUT2D eigenvalue weighted by molar-refractivity contribution is 7.88. The zero-order valence-electron chi connectivity index (χ0n) is 22.9. The summed E-state index contributed by atoms with van der Waals surface area (Å²) >= 11 is 0. The molecule has 3 aromatic heterocycles. The van der Waals surface area contributed by atoms with E-state index in [4.69, 9.17) is 0 Å². The first-order valence-electron chi connectivity index (χ1n) is 14.1. The van der Waals surface area contributed by atoms with Crippen molar-refractivity contribution in [2.45, 2.75) is 69.6 Å². The van der Waals surface area contributed by atoms with Crippen molar-refractivity contribution in [1.82, 2.24) is 28.8 Å². The summed E-state index contributed by atoms with van der Waals surface area (Å²) in [6.45, 7) is 0.872. The smallest absolute Gasteiger partial charge is 0.367 e. The van der Waals surface area contributed by atoms with Crippen LogP contribution in [0.1, 0.15) is 62.4 Å². The van der Waals surface area contributed by atoms with Gasteiger partial charge in [-0.3, -0.25) is 0 Å². The Kier molecular flexibility index (Phi) is 7.43. The van der Waals surface area contributed by atoms with Crippen LogP contribution in [-0.4, -0.2) is 62.6 Å². The van der Waals surface area contributed by atoms with Gasteiger partial charge in [0.05, 0.1) is 28.2 Å². The van der Waals surface area contributed by atoms with E-state index in [2.05, 4.69) is 42.1 Å². The zero-order chi connectivity index (χ0) is 28.8. The minimum Gasteiger partial charge on any atom is -0.367 e. The summed E-state index contributed by atoms with van der Waals surface area (Å²) in [5, 5.41) is 4.50. The molecule has 0 radical (unpaired) electrons. The Morgan fingerprint density at radius 2 is 1.95 bits per heavy atom. The van der Waals surface area contributed by atoms with Gasteiger partial charge in [0.1, 0.15) is 23.6 Å². The van der Waals surface area contributed by atoms with E-state index in [1.165, 1.54) is 25.2 Å². The molecule has 0 amide bonds. The molecule has 1 aromatic carbocycles. The minimum absolute atomic E-state index is 0.247. The van der Waals surface area contributed by atoms with Gasteiger partial charge in [0.25, 0.3) is 0 Å². The first-order chi connectivity index (χ1) is 19.5. The fraction of sp³-hybridized carbons (Fsp3) is 0.536. The molecule has 0 aliphatic heterocycles. The van der Waals surface area contributed by atoms with Crippen molar-refractivity contribution in [2.75, 3.05) is 24.7 Å². The van der Waals surface area contributed by atoms with Crippen LogP contribution in [0.25, 0.3) is 22.1 Å². The largest absolute Gasteiger partial charge is 0.416 e. The van der Waals surface area contributed by atoms with Gasteiger partial charge in [0.2, 0.25) is 10.0 Å². The van der Waals surface area contributed by atoms with Gasteiger partial charge in [-0.05, 0) is 75.1 Å². The van der Waals surface area contributed by atoms with Crippen molar-refractivity contribution in [1.29, 1.82) is 0 Å². The van der Waals surface area contributed by atoms with Gasteiger partial charge < -0.3 is 14.9 Å². The number of anilines is 1. The van der Waals surface area contributed by atoms with E-state index in [1.54, 1.807) is 10.6 Å². The number of aromatic nitrogens is 5. The third-order valence-electron chi connectivity index (χ3n) is 8.19. The second kappa shape index (κ2) is 10.9. The second-order valence-corrected chi connectivity index (χ2v) is 13.4. The van der Waals surface area contributed by atoms with Crippen LogP contribution in [0.15, 0.2) is 36.8 Å². The Balaban J connectivity index is 1.04. The molecule has 2 N–H and O–H groups in total. The number of unbranched alkanes of at least 4 members (excludes halogenated alkanes) is 1. The van der Waals surface area contributed by atoms with E-state index in [1.807, 2.05) is 0 Å². The lowest BCUT2D eigenvalue weighted by Crippen LogP contribution is -2.35. The molecule has 2 aliphatic rings.